The first-order chi connectivity index (χ1) is 13.3. The van der Waals surface area contributed by atoms with Crippen molar-refractivity contribution < 1.29 is 28.7 Å². The standard InChI is InChI=1S/C19H17N3O6/c1-11(22-17(25)12-6-3-4-7-13(12)18(22)26)19(27)28-10-15(23)20-16(24)14-8-5-9-21(14)2/h3-9,11H,10H2,1-2H3,(H,20,23,24). The smallest absolute Gasteiger partial charge is 0.329 e. The number of imide groups is 2. The Labute approximate surface area is 159 Å². The number of carbonyl (C=O) groups is 5. The molecule has 1 atom stereocenters. The molecule has 0 bridgehead atoms. The van der Waals surface area contributed by atoms with Gasteiger partial charge < -0.3 is 9.30 Å². The second-order valence-corrected chi connectivity index (χ2v) is 6.19. The number of aromatic nitrogens is 1. The molecule has 0 saturated carbocycles. The van der Waals surface area contributed by atoms with E-state index in [1.165, 1.54) is 29.7 Å². The minimum absolute atomic E-state index is 0.207. The maximum absolute atomic E-state index is 12.4. The van der Waals surface area contributed by atoms with Crippen molar-refractivity contribution in [1.82, 2.24) is 14.8 Å². The average molecular weight is 383 g/mol. The predicted octanol–water partition coefficient (Wildman–Crippen LogP) is 0.509. The van der Waals surface area contributed by atoms with E-state index in [4.69, 9.17) is 4.74 Å². The Morgan fingerprint density at radius 1 is 1.04 bits per heavy atom. The van der Waals surface area contributed by atoms with Crippen molar-refractivity contribution in [2.45, 2.75) is 13.0 Å². The van der Waals surface area contributed by atoms with E-state index in [0.717, 1.165) is 4.90 Å². The summed E-state index contributed by atoms with van der Waals surface area (Å²) < 4.78 is 6.39. The van der Waals surface area contributed by atoms with Crippen molar-refractivity contribution in [3.05, 3.63) is 59.4 Å². The van der Waals surface area contributed by atoms with Gasteiger partial charge in [-0.3, -0.25) is 29.4 Å². The van der Waals surface area contributed by atoms with Crippen LogP contribution in [0.1, 0.15) is 38.1 Å². The first-order valence-corrected chi connectivity index (χ1v) is 8.40. The number of ether oxygens (including phenoxy) is 1. The third-order valence-corrected chi connectivity index (χ3v) is 4.33. The molecule has 2 aromatic rings. The van der Waals surface area contributed by atoms with Crippen LogP contribution in [0, 0.1) is 0 Å². The number of fused-ring (bicyclic) bond motifs is 1. The van der Waals surface area contributed by atoms with Crippen LogP contribution in [0.4, 0.5) is 0 Å². The van der Waals surface area contributed by atoms with Crippen molar-refractivity contribution in [1.29, 1.82) is 0 Å². The largest absolute Gasteiger partial charge is 0.454 e. The van der Waals surface area contributed by atoms with Crippen molar-refractivity contribution in [2.75, 3.05) is 6.61 Å². The third-order valence-electron chi connectivity index (χ3n) is 4.33. The summed E-state index contributed by atoms with van der Waals surface area (Å²) in [6.45, 7) is 0.611. The molecule has 3 rings (SSSR count). The number of rotatable bonds is 5. The number of nitrogens with zero attached hydrogens (tertiary/aromatic N) is 2. The molecule has 0 spiro atoms. The Bertz CT molecular complexity index is 958. The Hall–Kier alpha value is -3.75. The summed E-state index contributed by atoms with van der Waals surface area (Å²) in [6, 6.07) is 8.17. The van der Waals surface area contributed by atoms with Crippen LogP contribution in [0.15, 0.2) is 42.6 Å². The fraction of sp³-hybridized carbons (Fsp3) is 0.211. The molecule has 0 radical (unpaired) electrons. The van der Waals surface area contributed by atoms with Gasteiger partial charge in [-0.25, -0.2) is 4.79 Å². The number of esters is 1. The molecule has 0 fully saturated rings. The van der Waals surface area contributed by atoms with Crippen LogP contribution >= 0.6 is 0 Å². The van der Waals surface area contributed by atoms with Crippen LogP contribution in [0.3, 0.4) is 0 Å². The fourth-order valence-electron chi connectivity index (χ4n) is 2.85. The molecular formula is C19H17N3O6. The van der Waals surface area contributed by atoms with Crippen molar-refractivity contribution in [2.24, 2.45) is 7.05 Å². The van der Waals surface area contributed by atoms with Crippen LogP contribution in [-0.4, -0.2) is 51.7 Å². The van der Waals surface area contributed by atoms with Crippen molar-refractivity contribution in [3.8, 4) is 0 Å². The predicted molar refractivity (Wildman–Crippen MR) is 95.2 cm³/mol. The number of carbonyl (C=O) groups excluding carboxylic acids is 5. The highest BCUT2D eigenvalue weighted by Gasteiger charge is 2.41. The molecule has 4 amide bonds. The van der Waals surface area contributed by atoms with Gasteiger partial charge in [0.15, 0.2) is 6.61 Å². The van der Waals surface area contributed by atoms with Gasteiger partial charge in [0.2, 0.25) is 0 Å². The van der Waals surface area contributed by atoms with Gasteiger partial charge in [0.25, 0.3) is 23.6 Å². The molecule has 1 aliphatic heterocycles. The lowest BCUT2D eigenvalue weighted by Gasteiger charge is -2.20. The zero-order valence-corrected chi connectivity index (χ0v) is 15.2. The first-order valence-electron chi connectivity index (χ1n) is 8.40. The van der Waals surface area contributed by atoms with Crippen molar-refractivity contribution in [3.63, 3.8) is 0 Å². The molecule has 28 heavy (non-hydrogen) atoms. The number of nitrogens with one attached hydrogen (secondary N) is 1. The van der Waals surface area contributed by atoms with E-state index in [9.17, 15) is 24.0 Å². The molecule has 2 heterocycles. The third kappa shape index (κ3) is 3.41. The summed E-state index contributed by atoms with van der Waals surface area (Å²) >= 11 is 0. The molecule has 1 unspecified atom stereocenters. The zero-order chi connectivity index (χ0) is 20.4. The monoisotopic (exact) mass is 383 g/mol. The highest BCUT2D eigenvalue weighted by atomic mass is 16.5. The molecule has 1 N–H and O–H groups in total. The Morgan fingerprint density at radius 2 is 1.64 bits per heavy atom. The Morgan fingerprint density at radius 3 is 2.18 bits per heavy atom. The molecule has 9 nitrogen and oxygen atoms in total. The van der Waals surface area contributed by atoms with E-state index in [1.807, 2.05) is 0 Å². The van der Waals surface area contributed by atoms with Gasteiger partial charge in [0.05, 0.1) is 11.1 Å². The molecule has 1 aromatic heterocycles. The zero-order valence-electron chi connectivity index (χ0n) is 15.2. The average Bonchev–Trinajstić information content (AvgIpc) is 3.21. The number of hydrogen-bond acceptors (Lipinski definition) is 6. The fourth-order valence-corrected chi connectivity index (χ4v) is 2.85. The maximum atomic E-state index is 12.4. The van der Waals surface area contributed by atoms with Crippen LogP contribution in [0.2, 0.25) is 0 Å². The minimum Gasteiger partial charge on any atom is -0.454 e. The van der Waals surface area contributed by atoms with E-state index in [1.54, 1.807) is 31.4 Å². The van der Waals surface area contributed by atoms with Crippen LogP contribution in [0.25, 0.3) is 0 Å². The summed E-state index contributed by atoms with van der Waals surface area (Å²) in [5, 5.41) is 2.10. The molecule has 9 heteroatoms. The van der Waals surface area contributed by atoms with E-state index < -0.39 is 42.2 Å². The summed E-state index contributed by atoms with van der Waals surface area (Å²) in [6.07, 6.45) is 1.64. The summed E-state index contributed by atoms with van der Waals surface area (Å²) in [5.74, 6) is -3.60. The molecule has 1 aliphatic rings. The summed E-state index contributed by atoms with van der Waals surface area (Å²) in [7, 11) is 1.64. The van der Waals surface area contributed by atoms with Gasteiger partial charge in [-0.15, -0.1) is 0 Å². The topological polar surface area (TPSA) is 115 Å². The second kappa shape index (κ2) is 7.47. The van der Waals surface area contributed by atoms with Crippen LogP contribution in [-0.2, 0) is 21.4 Å². The van der Waals surface area contributed by atoms with Gasteiger partial charge in [-0.05, 0) is 31.2 Å². The lowest BCUT2D eigenvalue weighted by molar-refractivity contribution is -0.151. The lowest BCUT2D eigenvalue weighted by Crippen LogP contribution is -2.44. The van der Waals surface area contributed by atoms with Crippen LogP contribution < -0.4 is 5.32 Å². The Balaban J connectivity index is 1.57. The van der Waals surface area contributed by atoms with Gasteiger partial charge >= 0.3 is 5.97 Å². The van der Waals surface area contributed by atoms with Crippen LogP contribution in [0.5, 0.6) is 0 Å². The molecule has 0 aliphatic carbocycles. The molecule has 1 aromatic carbocycles. The normalized spacial score (nSPS) is 13.9. The highest BCUT2D eigenvalue weighted by molar-refractivity contribution is 6.22. The first kappa shape index (κ1) is 19.0. The molecular weight excluding hydrogens is 366 g/mol. The molecule has 144 valence electrons. The number of benzene rings is 1. The minimum atomic E-state index is -1.22. The van der Waals surface area contributed by atoms with Gasteiger partial charge in [0.1, 0.15) is 11.7 Å². The number of aryl methyl sites for hydroxylation is 1. The highest BCUT2D eigenvalue weighted by Crippen LogP contribution is 2.24. The van der Waals surface area contributed by atoms with Crippen molar-refractivity contribution >= 4 is 29.6 Å². The molecule has 0 saturated heterocycles. The summed E-state index contributed by atoms with van der Waals surface area (Å²) in [4.78, 5) is 61.5. The number of hydrogen-bond donors (Lipinski definition) is 1. The van der Waals surface area contributed by atoms with E-state index in [-0.39, 0.29) is 16.8 Å². The maximum Gasteiger partial charge on any atom is 0.329 e. The van der Waals surface area contributed by atoms with Gasteiger partial charge in [-0.2, -0.15) is 0 Å². The Kier molecular flexibility index (Phi) is 5.08. The van der Waals surface area contributed by atoms with E-state index >= 15 is 0 Å². The van der Waals surface area contributed by atoms with E-state index in [2.05, 4.69) is 5.32 Å². The number of amides is 4. The lowest BCUT2D eigenvalue weighted by atomic mass is 10.1. The quantitative estimate of drug-likeness (QED) is 0.594. The summed E-state index contributed by atoms with van der Waals surface area (Å²) in [5.41, 5.74) is 0.676. The van der Waals surface area contributed by atoms with Gasteiger partial charge in [0, 0.05) is 13.2 Å². The van der Waals surface area contributed by atoms with Gasteiger partial charge in [-0.1, -0.05) is 12.1 Å². The van der Waals surface area contributed by atoms with E-state index in [0.29, 0.717) is 0 Å². The second-order valence-electron chi connectivity index (χ2n) is 6.19. The SMILES string of the molecule is CC(C(=O)OCC(=O)NC(=O)c1cccn1C)N1C(=O)c2ccccc2C1=O.